The number of thioether (sulfide) groups is 1. The maximum atomic E-state index is 13.0. The van der Waals surface area contributed by atoms with Crippen molar-refractivity contribution in [1.82, 2.24) is 13.9 Å². The molecule has 1 N–H and O–H groups in total. The van der Waals surface area contributed by atoms with Crippen LogP contribution in [0.1, 0.15) is 24.8 Å². The van der Waals surface area contributed by atoms with Crippen LogP contribution in [-0.2, 0) is 21.9 Å². The molecule has 170 valence electrons. The second kappa shape index (κ2) is 9.43. The summed E-state index contributed by atoms with van der Waals surface area (Å²) < 4.78 is 29.4. The molecule has 4 rings (SSSR count). The summed E-state index contributed by atoms with van der Waals surface area (Å²) in [6.07, 6.45) is 2.80. The van der Waals surface area contributed by atoms with Gasteiger partial charge in [-0.25, -0.2) is 13.4 Å². The fourth-order valence-corrected chi connectivity index (χ4v) is 6.24. The first-order valence-corrected chi connectivity index (χ1v) is 13.2. The van der Waals surface area contributed by atoms with Crippen LogP contribution in [0.2, 0.25) is 5.02 Å². The van der Waals surface area contributed by atoms with Gasteiger partial charge in [-0.3, -0.25) is 4.79 Å². The van der Waals surface area contributed by atoms with E-state index >= 15 is 0 Å². The second-order valence-corrected chi connectivity index (χ2v) is 11.2. The van der Waals surface area contributed by atoms with Crippen LogP contribution >= 0.6 is 23.4 Å². The molecule has 1 amide bonds. The minimum Gasteiger partial charge on any atom is -0.325 e. The second-order valence-electron chi connectivity index (χ2n) is 7.86. The van der Waals surface area contributed by atoms with E-state index in [-0.39, 0.29) is 16.6 Å². The predicted molar refractivity (Wildman–Crippen MR) is 129 cm³/mol. The van der Waals surface area contributed by atoms with Crippen molar-refractivity contribution < 1.29 is 13.2 Å². The number of halogens is 1. The highest BCUT2D eigenvalue weighted by Crippen LogP contribution is 2.27. The van der Waals surface area contributed by atoms with E-state index in [2.05, 4.69) is 10.3 Å². The Balaban J connectivity index is 1.46. The number of fused-ring (bicyclic) bond motifs is 1. The van der Waals surface area contributed by atoms with E-state index in [1.54, 1.807) is 30.3 Å². The third kappa shape index (κ3) is 4.80. The number of aryl methyl sites for hydroxylation is 2. The van der Waals surface area contributed by atoms with Crippen molar-refractivity contribution in [2.45, 2.75) is 36.2 Å². The number of carbonyl (C=O) groups excluding carboxylic acids is 1. The van der Waals surface area contributed by atoms with Crippen LogP contribution in [0.5, 0.6) is 0 Å². The van der Waals surface area contributed by atoms with E-state index in [1.807, 2.05) is 24.6 Å². The lowest BCUT2D eigenvalue weighted by atomic mass is 10.2. The first-order valence-electron chi connectivity index (χ1n) is 10.4. The van der Waals surface area contributed by atoms with Gasteiger partial charge in [0.05, 0.1) is 21.7 Å². The molecule has 1 aliphatic rings. The molecule has 2 aromatic carbocycles. The van der Waals surface area contributed by atoms with Crippen LogP contribution in [0.25, 0.3) is 11.0 Å². The first kappa shape index (κ1) is 23.1. The number of sulfonamides is 1. The third-order valence-corrected chi connectivity index (χ3v) is 8.73. The molecule has 3 aromatic rings. The molecule has 2 heterocycles. The molecule has 1 aliphatic heterocycles. The van der Waals surface area contributed by atoms with Crippen LogP contribution in [0.3, 0.4) is 0 Å². The van der Waals surface area contributed by atoms with Crippen molar-refractivity contribution in [2.75, 3.05) is 24.2 Å². The number of nitrogens with one attached hydrogen (secondary N) is 1. The number of benzene rings is 2. The van der Waals surface area contributed by atoms with Gasteiger partial charge >= 0.3 is 0 Å². The molecule has 1 fully saturated rings. The molecule has 7 nitrogen and oxygen atoms in total. The van der Waals surface area contributed by atoms with Crippen LogP contribution in [-0.4, -0.2) is 47.0 Å². The van der Waals surface area contributed by atoms with Gasteiger partial charge in [0.25, 0.3) is 0 Å². The predicted octanol–water partition coefficient (Wildman–Crippen LogP) is 4.44. The number of amides is 1. The van der Waals surface area contributed by atoms with Crippen molar-refractivity contribution >= 4 is 56.0 Å². The average molecular weight is 493 g/mol. The molecule has 0 radical (unpaired) electrons. The van der Waals surface area contributed by atoms with Gasteiger partial charge in [-0.2, -0.15) is 4.31 Å². The number of rotatable bonds is 6. The fraction of sp³-hybridized carbons (Fsp3) is 0.364. The van der Waals surface area contributed by atoms with Gasteiger partial charge in [0.15, 0.2) is 5.16 Å². The molecule has 0 saturated carbocycles. The van der Waals surface area contributed by atoms with Crippen molar-refractivity contribution in [3.63, 3.8) is 0 Å². The first-order chi connectivity index (χ1) is 15.3. The summed E-state index contributed by atoms with van der Waals surface area (Å²) in [6.45, 7) is 2.92. The van der Waals surface area contributed by atoms with Crippen LogP contribution in [0.4, 0.5) is 5.69 Å². The van der Waals surface area contributed by atoms with Crippen LogP contribution < -0.4 is 5.32 Å². The summed E-state index contributed by atoms with van der Waals surface area (Å²) in [4.78, 5) is 17.4. The number of carbonyl (C=O) groups is 1. The minimum atomic E-state index is -3.56. The number of anilines is 1. The topological polar surface area (TPSA) is 84.3 Å². The smallest absolute Gasteiger partial charge is 0.243 e. The highest BCUT2D eigenvalue weighted by atomic mass is 35.5. The molecule has 32 heavy (non-hydrogen) atoms. The standard InChI is InChI=1S/C22H25ClN4O3S2/c1-15-6-8-17(32(29,30)27-10-4-3-5-11-27)13-18(15)24-21(28)14-31-22-25-19-12-16(23)7-9-20(19)26(22)2/h6-9,12-13H,3-5,10-11,14H2,1-2H3,(H,24,28). The molecule has 1 aromatic heterocycles. The normalized spacial score (nSPS) is 15.2. The SMILES string of the molecule is Cc1ccc(S(=O)(=O)N2CCCCC2)cc1NC(=O)CSc1nc2cc(Cl)ccc2n1C. The molecule has 0 atom stereocenters. The third-order valence-electron chi connectivity index (χ3n) is 5.57. The van der Waals surface area contributed by atoms with E-state index in [1.165, 1.54) is 16.1 Å². The Bertz CT molecular complexity index is 1270. The summed E-state index contributed by atoms with van der Waals surface area (Å²) in [6, 6.07) is 10.4. The van der Waals surface area contributed by atoms with Gasteiger partial charge in [0.1, 0.15) is 0 Å². The van der Waals surface area contributed by atoms with E-state index in [4.69, 9.17) is 11.6 Å². The highest BCUT2D eigenvalue weighted by molar-refractivity contribution is 7.99. The quantitative estimate of drug-likeness (QED) is 0.514. The zero-order valence-electron chi connectivity index (χ0n) is 18.0. The number of nitrogens with zero attached hydrogens (tertiary/aromatic N) is 3. The van der Waals surface area contributed by atoms with Gasteiger partial charge in [-0.15, -0.1) is 0 Å². The Morgan fingerprint density at radius 2 is 1.91 bits per heavy atom. The Labute approximate surface area is 197 Å². The van der Waals surface area contributed by atoms with Crippen molar-refractivity contribution in [3.8, 4) is 0 Å². The molecule has 10 heteroatoms. The largest absolute Gasteiger partial charge is 0.325 e. The Morgan fingerprint density at radius 3 is 2.66 bits per heavy atom. The number of imidazole rings is 1. The lowest BCUT2D eigenvalue weighted by Crippen LogP contribution is -2.35. The minimum absolute atomic E-state index is 0.146. The maximum Gasteiger partial charge on any atom is 0.243 e. The number of hydrogen-bond acceptors (Lipinski definition) is 5. The number of aromatic nitrogens is 2. The van der Waals surface area contributed by atoms with E-state index < -0.39 is 10.0 Å². The molecule has 0 unspecified atom stereocenters. The van der Waals surface area contributed by atoms with Crippen LogP contribution in [0, 0.1) is 6.92 Å². The van der Waals surface area contributed by atoms with Crippen molar-refractivity contribution in [1.29, 1.82) is 0 Å². The molecule has 1 saturated heterocycles. The molecule has 0 aliphatic carbocycles. The zero-order valence-corrected chi connectivity index (χ0v) is 20.4. The lowest BCUT2D eigenvalue weighted by molar-refractivity contribution is -0.113. The van der Waals surface area contributed by atoms with Gasteiger partial charge in [0, 0.05) is 30.8 Å². The summed E-state index contributed by atoms with van der Waals surface area (Å²) in [7, 11) is -1.67. The maximum absolute atomic E-state index is 13.0. The van der Waals surface area contributed by atoms with E-state index in [0.29, 0.717) is 29.0 Å². The van der Waals surface area contributed by atoms with E-state index in [9.17, 15) is 13.2 Å². The van der Waals surface area contributed by atoms with Crippen molar-refractivity contribution in [3.05, 3.63) is 47.0 Å². The summed E-state index contributed by atoms with van der Waals surface area (Å²) in [5.74, 6) is -0.0799. The van der Waals surface area contributed by atoms with Gasteiger partial charge < -0.3 is 9.88 Å². The number of piperidine rings is 1. The number of hydrogen-bond donors (Lipinski definition) is 1. The summed E-state index contributed by atoms with van der Waals surface area (Å²) in [5.41, 5.74) is 3.02. The average Bonchev–Trinajstić information content (AvgIpc) is 3.09. The molecular formula is C22H25ClN4O3S2. The van der Waals surface area contributed by atoms with E-state index in [0.717, 1.165) is 35.9 Å². The van der Waals surface area contributed by atoms with Gasteiger partial charge in [-0.1, -0.05) is 35.9 Å². The fourth-order valence-electron chi connectivity index (χ4n) is 3.75. The monoisotopic (exact) mass is 492 g/mol. The Morgan fingerprint density at radius 1 is 1.16 bits per heavy atom. The highest BCUT2D eigenvalue weighted by Gasteiger charge is 2.26. The lowest BCUT2D eigenvalue weighted by Gasteiger charge is -2.26. The van der Waals surface area contributed by atoms with Gasteiger partial charge in [-0.05, 0) is 55.7 Å². The summed E-state index contributed by atoms with van der Waals surface area (Å²) in [5, 5.41) is 4.17. The summed E-state index contributed by atoms with van der Waals surface area (Å²) >= 11 is 7.36. The molecule has 0 bridgehead atoms. The Kier molecular flexibility index (Phi) is 6.80. The van der Waals surface area contributed by atoms with Crippen LogP contribution in [0.15, 0.2) is 46.5 Å². The molecular weight excluding hydrogens is 468 g/mol. The molecule has 0 spiro atoms. The zero-order chi connectivity index (χ0) is 22.9. The Hall–Kier alpha value is -2.07. The van der Waals surface area contributed by atoms with Gasteiger partial charge in [0.2, 0.25) is 15.9 Å². The van der Waals surface area contributed by atoms with Crippen molar-refractivity contribution in [2.24, 2.45) is 7.05 Å².